The minimum Gasteiger partial charge on any atom is -0.340 e. The molecular formula is C19H31N5O2. The summed E-state index contributed by atoms with van der Waals surface area (Å²) < 4.78 is 1.79. The van der Waals surface area contributed by atoms with Gasteiger partial charge in [-0.05, 0) is 25.7 Å². The summed E-state index contributed by atoms with van der Waals surface area (Å²) in [7, 11) is 1.89. The molecule has 0 radical (unpaired) electrons. The van der Waals surface area contributed by atoms with E-state index in [-0.39, 0.29) is 17.9 Å². The fourth-order valence-corrected chi connectivity index (χ4v) is 4.03. The lowest BCUT2D eigenvalue weighted by Gasteiger charge is -2.42. The summed E-state index contributed by atoms with van der Waals surface area (Å²) >= 11 is 0. The molecule has 0 saturated carbocycles. The molecule has 0 unspecified atom stereocenters. The average Bonchev–Trinajstić information content (AvgIpc) is 2.93. The molecule has 2 aliphatic heterocycles. The Morgan fingerprint density at radius 3 is 2.50 bits per heavy atom. The summed E-state index contributed by atoms with van der Waals surface area (Å²) in [4.78, 5) is 31.5. The Balaban J connectivity index is 1.62. The largest absolute Gasteiger partial charge is 0.340 e. The second kappa shape index (κ2) is 7.78. The molecule has 3 rings (SSSR count). The van der Waals surface area contributed by atoms with Crippen LogP contribution >= 0.6 is 0 Å². The van der Waals surface area contributed by atoms with Crippen LogP contribution < -0.4 is 4.90 Å². The molecule has 1 atom stereocenters. The number of hydrogen-bond acceptors (Lipinski definition) is 4. The summed E-state index contributed by atoms with van der Waals surface area (Å²) in [5.41, 5.74) is 0.926. The van der Waals surface area contributed by atoms with Crippen molar-refractivity contribution in [1.82, 2.24) is 19.6 Å². The van der Waals surface area contributed by atoms with E-state index in [0.29, 0.717) is 12.3 Å². The molecule has 0 aliphatic carbocycles. The molecule has 0 bridgehead atoms. The highest BCUT2D eigenvalue weighted by atomic mass is 16.2. The molecule has 0 N–H and O–H groups in total. The Hall–Kier alpha value is -1.89. The van der Waals surface area contributed by atoms with Gasteiger partial charge in [-0.15, -0.1) is 0 Å². The van der Waals surface area contributed by atoms with Gasteiger partial charge >= 0.3 is 0 Å². The molecule has 0 spiro atoms. The zero-order chi connectivity index (χ0) is 18.8. The molecular weight excluding hydrogens is 330 g/mol. The van der Waals surface area contributed by atoms with E-state index >= 15 is 0 Å². The van der Waals surface area contributed by atoms with Gasteiger partial charge < -0.3 is 4.90 Å². The zero-order valence-corrected chi connectivity index (χ0v) is 16.4. The second-order valence-electron chi connectivity index (χ2n) is 7.93. The lowest BCUT2D eigenvalue weighted by atomic mass is 10.0. The van der Waals surface area contributed by atoms with Gasteiger partial charge in [-0.2, -0.15) is 5.10 Å². The first kappa shape index (κ1) is 18.9. The number of piperidine rings is 1. The van der Waals surface area contributed by atoms with E-state index < -0.39 is 0 Å². The van der Waals surface area contributed by atoms with Gasteiger partial charge in [-0.1, -0.05) is 13.8 Å². The summed E-state index contributed by atoms with van der Waals surface area (Å²) in [6.45, 7) is 9.84. The van der Waals surface area contributed by atoms with Crippen molar-refractivity contribution < 1.29 is 9.59 Å². The molecule has 7 nitrogen and oxygen atoms in total. The van der Waals surface area contributed by atoms with Crippen LogP contribution in [0.4, 0.5) is 5.82 Å². The van der Waals surface area contributed by atoms with E-state index in [1.54, 1.807) is 4.68 Å². The van der Waals surface area contributed by atoms with Crippen LogP contribution in [-0.2, 0) is 16.6 Å². The predicted molar refractivity (Wildman–Crippen MR) is 101 cm³/mol. The number of piperazine rings is 1. The number of carbonyl (C=O) groups excluding carboxylic acids is 2. The third-order valence-corrected chi connectivity index (χ3v) is 5.35. The molecule has 2 amide bonds. The number of aryl methyl sites for hydroxylation is 2. The van der Waals surface area contributed by atoms with Crippen LogP contribution in [-0.4, -0.2) is 70.2 Å². The number of amides is 2. The Kier molecular flexibility index (Phi) is 5.65. The highest BCUT2D eigenvalue weighted by Gasteiger charge is 2.36. The molecule has 0 aromatic carbocycles. The van der Waals surface area contributed by atoms with Crippen LogP contribution in [0.3, 0.4) is 0 Å². The summed E-state index contributed by atoms with van der Waals surface area (Å²) in [6, 6.07) is 1.89. The monoisotopic (exact) mass is 361 g/mol. The van der Waals surface area contributed by atoms with Crippen molar-refractivity contribution in [3.8, 4) is 0 Å². The highest BCUT2D eigenvalue weighted by molar-refractivity contribution is 5.97. The van der Waals surface area contributed by atoms with Crippen LogP contribution in [0.1, 0.15) is 38.8 Å². The molecule has 1 aromatic rings. The third kappa shape index (κ3) is 3.92. The first-order valence-electron chi connectivity index (χ1n) is 9.70. The van der Waals surface area contributed by atoms with Crippen molar-refractivity contribution >= 4 is 17.6 Å². The summed E-state index contributed by atoms with van der Waals surface area (Å²) in [6.07, 6.45) is 2.50. The minimum atomic E-state index is -0.0821. The predicted octanol–water partition coefficient (Wildman–Crippen LogP) is 1.41. The van der Waals surface area contributed by atoms with Gasteiger partial charge in [0.05, 0.1) is 11.7 Å². The van der Waals surface area contributed by atoms with Crippen LogP contribution in [0.2, 0.25) is 0 Å². The van der Waals surface area contributed by atoms with Crippen LogP contribution in [0.25, 0.3) is 0 Å². The smallest absolute Gasteiger partial charge is 0.245 e. The minimum absolute atomic E-state index is 0.0821. The molecule has 3 heterocycles. The van der Waals surface area contributed by atoms with Crippen molar-refractivity contribution in [2.24, 2.45) is 13.0 Å². The highest BCUT2D eigenvalue weighted by Crippen LogP contribution is 2.25. The van der Waals surface area contributed by atoms with Gasteiger partial charge in [0.25, 0.3) is 0 Å². The number of rotatable bonds is 4. The van der Waals surface area contributed by atoms with E-state index in [2.05, 4.69) is 23.8 Å². The van der Waals surface area contributed by atoms with Gasteiger partial charge in [-0.3, -0.25) is 24.1 Å². The second-order valence-corrected chi connectivity index (χ2v) is 7.93. The SMILES string of the molecule is Cc1cc(N2CCC[C@H](N3CCN(C(=O)CC(C)C)CC3)C2=O)n(C)n1. The molecule has 2 saturated heterocycles. The Morgan fingerprint density at radius 2 is 1.92 bits per heavy atom. The summed E-state index contributed by atoms with van der Waals surface area (Å²) in [5.74, 6) is 1.67. The Labute approximate surface area is 155 Å². The fourth-order valence-electron chi connectivity index (χ4n) is 4.03. The Bertz CT molecular complexity index is 661. The number of hydrogen-bond donors (Lipinski definition) is 0. The van der Waals surface area contributed by atoms with Crippen molar-refractivity contribution in [3.05, 3.63) is 11.8 Å². The van der Waals surface area contributed by atoms with Crippen molar-refractivity contribution in [3.63, 3.8) is 0 Å². The van der Waals surface area contributed by atoms with Crippen LogP contribution in [0.15, 0.2) is 6.07 Å². The average molecular weight is 361 g/mol. The van der Waals surface area contributed by atoms with E-state index in [1.165, 1.54) is 0 Å². The molecule has 144 valence electrons. The molecule has 2 aliphatic rings. The van der Waals surface area contributed by atoms with Gasteiger partial charge in [0.15, 0.2) is 0 Å². The van der Waals surface area contributed by atoms with E-state index in [4.69, 9.17) is 0 Å². The first-order valence-corrected chi connectivity index (χ1v) is 9.70. The lowest BCUT2D eigenvalue weighted by molar-refractivity contribution is -0.135. The van der Waals surface area contributed by atoms with E-state index in [1.807, 2.05) is 29.8 Å². The topological polar surface area (TPSA) is 61.7 Å². The molecule has 2 fully saturated rings. The van der Waals surface area contributed by atoms with Crippen molar-refractivity contribution in [2.75, 3.05) is 37.6 Å². The molecule has 1 aromatic heterocycles. The van der Waals surface area contributed by atoms with E-state index in [0.717, 1.165) is 57.1 Å². The molecule has 7 heteroatoms. The first-order chi connectivity index (χ1) is 12.4. The van der Waals surface area contributed by atoms with Crippen LogP contribution in [0.5, 0.6) is 0 Å². The maximum atomic E-state index is 13.1. The van der Waals surface area contributed by atoms with Crippen molar-refractivity contribution in [1.29, 1.82) is 0 Å². The van der Waals surface area contributed by atoms with Gasteiger partial charge in [0.1, 0.15) is 5.82 Å². The number of nitrogens with zero attached hydrogens (tertiary/aromatic N) is 5. The van der Waals surface area contributed by atoms with Crippen LogP contribution in [0, 0.1) is 12.8 Å². The zero-order valence-electron chi connectivity index (χ0n) is 16.4. The number of carbonyl (C=O) groups is 2. The standard InChI is InChI=1S/C19H31N5O2/c1-14(2)12-18(25)23-10-8-22(9-11-23)16-6-5-7-24(19(16)26)17-13-15(3)20-21(17)4/h13-14,16H,5-12H2,1-4H3/t16-/m0/s1. The van der Waals surface area contributed by atoms with Gasteiger partial charge in [-0.25, -0.2) is 0 Å². The maximum absolute atomic E-state index is 13.1. The quantitative estimate of drug-likeness (QED) is 0.814. The van der Waals surface area contributed by atoms with E-state index in [9.17, 15) is 9.59 Å². The molecule has 26 heavy (non-hydrogen) atoms. The summed E-state index contributed by atoms with van der Waals surface area (Å²) in [5, 5.41) is 4.38. The lowest BCUT2D eigenvalue weighted by Crippen LogP contribution is -2.58. The number of anilines is 1. The van der Waals surface area contributed by atoms with Gasteiger partial charge in [0, 0.05) is 52.3 Å². The third-order valence-electron chi connectivity index (χ3n) is 5.35. The van der Waals surface area contributed by atoms with Gasteiger partial charge in [0.2, 0.25) is 11.8 Å². The Morgan fingerprint density at radius 1 is 1.23 bits per heavy atom. The maximum Gasteiger partial charge on any atom is 0.245 e. The van der Waals surface area contributed by atoms with Crippen molar-refractivity contribution in [2.45, 2.75) is 46.1 Å². The number of aromatic nitrogens is 2. The fraction of sp³-hybridized carbons (Fsp3) is 0.737. The normalized spacial score (nSPS) is 22.3.